The first-order valence-electron chi connectivity index (χ1n) is 8.13. The number of para-hydroxylation sites is 1. The SMILES string of the molecule is CCCCCCCCn1cc(CCN)c2ccccc21. The number of aromatic nitrogens is 1. The molecule has 110 valence electrons. The summed E-state index contributed by atoms with van der Waals surface area (Å²) >= 11 is 0. The molecule has 0 amide bonds. The maximum absolute atomic E-state index is 5.72. The van der Waals surface area contributed by atoms with Gasteiger partial charge in [-0.25, -0.2) is 0 Å². The number of rotatable bonds is 9. The van der Waals surface area contributed by atoms with Crippen LogP contribution in [-0.4, -0.2) is 11.1 Å². The second kappa shape index (κ2) is 8.11. The smallest absolute Gasteiger partial charge is 0.0483 e. The maximum Gasteiger partial charge on any atom is 0.0483 e. The second-order valence-corrected chi connectivity index (χ2v) is 5.67. The van der Waals surface area contributed by atoms with Crippen LogP contribution in [0.3, 0.4) is 0 Å². The van der Waals surface area contributed by atoms with Crippen LogP contribution in [0.4, 0.5) is 0 Å². The van der Waals surface area contributed by atoms with E-state index in [0.29, 0.717) is 0 Å². The lowest BCUT2D eigenvalue weighted by Gasteiger charge is -2.05. The third-order valence-electron chi connectivity index (χ3n) is 4.04. The summed E-state index contributed by atoms with van der Waals surface area (Å²) in [6.45, 7) is 4.13. The van der Waals surface area contributed by atoms with Crippen LogP contribution in [0.2, 0.25) is 0 Å². The number of nitrogens with two attached hydrogens (primary N) is 1. The van der Waals surface area contributed by atoms with Gasteiger partial charge in [-0.3, -0.25) is 0 Å². The molecule has 0 fully saturated rings. The predicted octanol–water partition coefficient (Wildman–Crippen LogP) is 4.50. The molecule has 1 aromatic heterocycles. The number of nitrogens with zero attached hydrogens (tertiary/aromatic N) is 1. The van der Waals surface area contributed by atoms with E-state index in [-0.39, 0.29) is 0 Å². The van der Waals surface area contributed by atoms with E-state index >= 15 is 0 Å². The lowest BCUT2D eigenvalue weighted by Crippen LogP contribution is -2.02. The molecule has 1 aromatic carbocycles. The minimum atomic E-state index is 0.727. The summed E-state index contributed by atoms with van der Waals surface area (Å²) in [4.78, 5) is 0. The Labute approximate surface area is 123 Å². The molecule has 2 nitrogen and oxygen atoms in total. The summed E-state index contributed by atoms with van der Waals surface area (Å²) in [5, 5.41) is 1.38. The van der Waals surface area contributed by atoms with Crippen LogP contribution in [0, 0.1) is 0 Å². The molecular weight excluding hydrogens is 244 g/mol. The Hall–Kier alpha value is -1.28. The van der Waals surface area contributed by atoms with Gasteiger partial charge in [0.25, 0.3) is 0 Å². The van der Waals surface area contributed by atoms with Gasteiger partial charge >= 0.3 is 0 Å². The van der Waals surface area contributed by atoms with Crippen molar-refractivity contribution < 1.29 is 0 Å². The van der Waals surface area contributed by atoms with Crippen molar-refractivity contribution in [2.75, 3.05) is 6.54 Å². The standard InChI is InChI=1S/C18H28N2/c1-2-3-4-5-6-9-14-20-15-16(12-13-19)17-10-7-8-11-18(17)20/h7-8,10-11,15H,2-6,9,12-14,19H2,1H3. The molecule has 2 rings (SSSR count). The zero-order valence-corrected chi connectivity index (χ0v) is 12.8. The minimum absolute atomic E-state index is 0.727. The lowest BCUT2D eigenvalue weighted by atomic mass is 10.1. The first-order chi connectivity index (χ1) is 9.86. The van der Waals surface area contributed by atoms with Gasteiger partial charge in [0.1, 0.15) is 0 Å². The zero-order valence-electron chi connectivity index (χ0n) is 12.8. The van der Waals surface area contributed by atoms with Crippen LogP contribution in [0.15, 0.2) is 30.5 Å². The molecule has 0 aliphatic rings. The highest BCUT2D eigenvalue weighted by atomic mass is 15.0. The number of benzene rings is 1. The Morgan fingerprint density at radius 3 is 2.55 bits per heavy atom. The normalized spacial score (nSPS) is 11.3. The van der Waals surface area contributed by atoms with Crippen molar-refractivity contribution in [1.29, 1.82) is 0 Å². The van der Waals surface area contributed by atoms with E-state index in [1.165, 1.54) is 55.0 Å². The predicted molar refractivity (Wildman–Crippen MR) is 88.1 cm³/mol. The van der Waals surface area contributed by atoms with Crippen molar-refractivity contribution in [1.82, 2.24) is 4.57 Å². The van der Waals surface area contributed by atoms with Crippen molar-refractivity contribution >= 4 is 10.9 Å². The van der Waals surface area contributed by atoms with Crippen molar-refractivity contribution in [3.05, 3.63) is 36.0 Å². The summed E-state index contributed by atoms with van der Waals surface area (Å²) in [7, 11) is 0. The van der Waals surface area contributed by atoms with E-state index in [1.54, 1.807) is 0 Å². The van der Waals surface area contributed by atoms with Gasteiger partial charge in [0, 0.05) is 23.6 Å². The van der Waals surface area contributed by atoms with Gasteiger partial charge in [-0.2, -0.15) is 0 Å². The summed E-state index contributed by atoms with van der Waals surface area (Å²) in [6, 6.07) is 8.70. The van der Waals surface area contributed by atoms with E-state index < -0.39 is 0 Å². The average molecular weight is 272 g/mol. The lowest BCUT2D eigenvalue weighted by molar-refractivity contribution is 0.565. The van der Waals surface area contributed by atoms with Crippen molar-refractivity contribution in [2.24, 2.45) is 5.73 Å². The van der Waals surface area contributed by atoms with Gasteiger partial charge < -0.3 is 10.3 Å². The third kappa shape index (κ3) is 3.86. The molecule has 2 aromatic rings. The summed E-state index contributed by atoms with van der Waals surface area (Å²) in [5.74, 6) is 0. The molecule has 0 bridgehead atoms. The molecule has 0 saturated heterocycles. The van der Waals surface area contributed by atoms with Crippen molar-refractivity contribution in [3.8, 4) is 0 Å². The fourth-order valence-corrected chi connectivity index (χ4v) is 2.93. The topological polar surface area (TPSA) is 30.9 Å². The monoisotopic (exact) mass is 272 g/mol. The van der Waals surface area contributed by atoms with E-state index in [1.807, 2.05) is 0 Å². The average Bonchev–Trinajstić information content (AvgIpc) is 2.82. The van der Waals surface area contributed by atoms with E-state index in [9.17, 15) is 0 Å². The molecule has 20 heavy (non-hydrogen) atoms. The van der Waals surface area contributed by atoms with Crippen LogP contribution >= 0.6 is 0 Å². The van der Waals surface area contributed by atoms with E-state index in [0.717, 1.165) is 19.5 Å². The Morgan fingerprint density at radius 2 is 1.75 bits per heavy atom. The maximum atomic E-state index is 5.72. The van der Waals surface area contributed by atoms with Crippen LogP contribution in [0.1, 0.15) is 51.0 Å². The fourth-order valence-electron chi connectivity index (χ4n) is 2.93. The Morgan fingerprint density at radius 1 is 1.00 bits per heavy atom. The number of unbranched alkanes of at least 4 members (excludes halogenated alkanes) is 5. The van der Waals surface area contributed by atoms with Gasteiger partial charge in [-0.05, 0) is 31.0 Å². The Bertz CT molecular complexity index is 513. The van der Waals surface area contributed by atoms with Crippen LogP contribution in [-0.2, 0) is 13.0 Å². The first-order valence-corrected chi connectivity index (χ1v) is 8.13. The Balaban J connectivity index is 1.95. The molecule has 0 saturated carbocycles. The number of hydrogen-bond donors (Lipinski definition) is 1. The third-order valence-corrected chi connectivity index (χ3v) is 4.04. The molecular formula is C18H28N2. The molecule has 0 atom stereocenters. The number of hydrogen-bond acceptors (Lipinski definition) is 1. The highest BCUT2D eigenvalue weighted by Gasteiger charge is 2.06. The quantitative estimate of drug-likeness (QED) is 0.669. The summed E-state index contributed by atoms with van der Waals surface area (Å²) in [5.41, 5.74) is 8.48. The number of fused-ring (bicyclic) bond motifs is 1. The second-order valence-electron chi connectivity index (χ2n) is 5.67. The molecule has 0 radical (unpaired) electrons. The molecule has 0 aliphatic carbocycles. The van der Waals surface area contributed by atoms with E-state index in [2.05, 4.69) is 42.0 Å². The fraction of sp³-hybridized carbons (Fsp3) is 0.556. The molecule has 2 heteroatoms. The molecule has 2 N–H and O–H groups in total. The summed E-state index contributed by atoms with van der Waals surface area (Å²) in [6.07, 6.45) is 11.4. The van der Waals surface area contributed by atoms with E-state index in [4.69, 9.17) is 5.73 Å². The van der Waals surface area contributed by atoms with Gasteiger partial charge in [0.05, 0.1) is 0 Å². The largest absolute Gasteiger partial charge is 0.347 e. The first kappa shape index (κ1) is 15.1. The van der Waals surface area contributed by atoms with Gasteiger partial charge in [0.2, 0.25) is 0 Å². The van der Waals surface area contributed by atoms with Gasteiger partial charge in [0.15, 0.2) is 0 Å². The molecule has 0 aliphatic heterocycles. The van der Waals surface area contributed by atoms with Crippen LogP contribution in [0.5, 0.6) is 0 Å². The highest BCUT2D eigenvalue weighted by Crippen LogP contribution is 2.22. The van der Waals surface area contributed by atoms with Gasteiger partial charge in [-0.15, -0.1) is 0 Å². The Kier molecular flexibility index (Phi) is 6.13. The summed E-state index contributed by atoms with van der Waals surface area (Å²) < 4.78 is 2.42. The van der Waals surface area contributed by atoms with Crippen LogP contribution in [0.25, 0.3) is 10.9 Å². The zero-order chi connectivity index (χ0) is 14.2. The van der Waals surface area contributed by atoms with Crippen LogP contribution < -0.4 is 5.73 Å². The van der Waals surface area contributed by atoms with Gasteiger partial charge in [-0.1, -0.05) is 57.2 Å². The molecule has 1 heterocycles. The van der Waals surface area contributed by atoms with Crippen molar-refractivity contribution in [3.63, 3.8) is 0 Å². The minimum Gasteiger partial charge on any atom is -0.347 e. The number of aryl methyl sites for hydroxylation is 1. The molecule has 0 spiro atoms. The molecule has 0 unspecified atom stereocenters. The highest BCUT2D eigenvalue weighted by molar-refractivity contribution is 5.84. The van der Waals surface area contributed by atoms with Crippen molar-refractivity contribution in [2.45, 2.75) is 58.4 Å².